The predicted molar refractivity (Wildman–Crippen MR) is 249 cm³/mol. The Kier molecular flexibility index (Phi) is 22.7. The van der Waals surface area contributed by atoms with Gasteiger partial charge in [0.15, 0.2) is 5.78 Å². The zero-order valence-corrected chi connectivity index (χ0v) is 39.2. The topological polar surface area (TPSA) is 91.3 Å². The van der Waals surface area contributed by atoms with Crippen LogP contribution in [-0.2, 0) is 28.6 Å². The Morgan fingerprint density at radius 1 is 0.883 bits per heavy atom. The zero-order valence-electron chi connectivity index (χ0n) is 39.2. The van der Waals surface area contributed by atoms with Crippen LogP contribution in [0.3, 0.4) is 0 Å². The fourth-order valence-corrected chi connectivity index (χ4v) is 9.34. The lowest BCUT2D eigenvalue weighted by Gasteiger charge is -2.38. The van der Waals surface area contributed by atoms with Crippen molar-refractivity contribution in [3.8, 4) is 0 Å². The molecule has 0 aromatic carbocycles. The van der Waals surface area contributed by atoms with E-state index in [4.69, 9.17) is 14.2 Å². The summed E-state index contributed by atoms with van der Waals surface area (Å²) in [4.78, 5) is 40.9. The number of nitrogens with zero attached hydrogens (tertiary/aromatic N) is 1. The van der Waals surface area contributed by atoms with Crippen LogP contribution in [-0.4, -0.2) is 62.2 Å². The number of ketones is 3. The normalized spacial score (nSPS) is 26.4. The summed E-state index contributed by atoms with van der Waals surface area (Å²) in [6.45, 7) is 24.9. The first-order valence-electron chi connectivity index (χ1n) is 23.4. The van der Waals surface area contributed by atoms with E-state index in [2.05, 4.69) is 78.1 Å². The molecule has 3 aliphatic rings. The molecule has 1 aliphatic heterocycles. The van der Waals surface area contributed by atoms with E-state index in [1.54, 1.807) is 13.3 Å². The SMILES string of the molecule is C=C/C(=C\N=C)COC1CCC(C)(CCC(CCC(C)/C=C(\C)C(C)CC(=O)C(C)CC(C)/C=C/C=C/C=C(\C)C(CC2CCCC(C(=O)C(C)=O)O2)OC)C2CC2)CC1. The van der Waals surface area contributed by atoms with Crippen LogP contribution in [0.4, 0.5) is 0 Å². The Balaban J connectivity index is 1.37. The quantitative estimate of drug-likeness (QED) is 0.0338. The zero-order chi connectivity index (χ0) is 44.2. The molecular weight excluding hydrogens is 747 g/mol. The van der Waals surface area contributed by atoms with Crippen LogP contribution in [0.25, 0.3) is 0 Å². The number of hydrogen-bond donors (Lipinski definition) is 0. The second-order valence-corrected chi connectivity index (χ2v) is 19.4. The minimum absolute atomic E-state index is 0.0177. The molecule has 0 aromatic rings. The van der Waals surface area contributed by atoms with Crippen molar-refractivity contribution >= 4 is 24.1 Å². The Morgan fingerprint density at radius 3 is 2.23 bits per heavy atom. The molecule has 2 aliphatic carbocycles. The van der Waals surface area contributed by atoms with Crippen molar-refractivity contribution in [2.24, 2.45) is 45.9 Å². The number of methoxy groups -OCH3 is 1. The third-order valence-corrected chi connectivity index (χ3v) is 13.9. The summed E-state index contributed by atoms with van der Waals surface area (Å²) >= 11 is 0. The van der Waals surface area contributed by atoms with E-state index in [9.17, 15) is 14.4 Å². The number of aliphatic imine (C=N–C) groups is 1. The first-order valence-corrected chi connectivity index (χ1v) is 23.4. The largest absolute Gasteiger partial charge is 0.377 e. The van der Waals surface area contributed by atoms with E-state index >= 15 is 0 Å². The van der Waals surface area contributed by atoms with Crippen molar-refractivity contribution < 1.29 is 28.6 Å². The van der Waals surface area contributed by atoms with Gasteiger partial charge in [-0.3, -0.25) is 19.4 Å². The highest BCUT2D eigenvalue weighted by atomic mass is 16.5. The van der Waals surface area contributed by atoms with E-state index in [0.717, 1.165) is 55.1 Å². The molecule has 0 bridgehead atoms. The van der Waals surface area contributed by atoms with Gasteiger partial charge >= 0.3 is 0 Å². The van der Waals surface area contributed by atoms with Gasteiger partial charge in [0, 0.05) is 39.0 Å². The van der Waals surface area contributed by atoms with Crippen molar-refractivity contribution in [2.45, 2.75) is 183 Å². The summed E-state index contributed by atoms with van der Waals surface area (Å²) in [5, 5.41) is 0. The summed E-state index contributed by atoms with van der Waals surface area (Å²) in [6.07, 6.45) is 33.0. The van der Waals surface area contributed by atoms with E-state index < -0.39 is 17.7 Å². The molecule has 0 amide bonds. The lowest BCUT2D eigenvalue weighted by molar-refractivity contribution is -0.149. The van der Waals surface area contributed by atoms with Crippen LogP contribution in [0, 0.1) is 40.9 Å². The van der Waals surface area contributed by atoms with E-state index in [1.807, 2.05) is 31.2 Å². The highest BCUT2D eigenvalue weighted by molar-refractivity contribution is 6.37. The average Bonchev–Trinajstić information content (AvgIpc) is 4.07. The van der Waals surface area contributed by atoms with Crippen LogP contribution in [0.5, 0.6) is 0 Å². The van der Waals surface area contributed by atoms with Crippen molar-refractivity contribution in [3.63, 3.8) is 0 Å². The minimum Gasteiger partial charge on any atom is -0.377 e. The van der Waals surface area contributed by atoms with Gasteiger partial charge in [-0.2, -0.15) is 0 Å². The van der Waals surface area contributed by atoms with Crippen molar-refractivity contribution in [1.82, 2.24) is 0 Å². The average molecular weight is 830 g/mol. The first kappa shape index (κ1) is 51.4. The Bertz CT molecular complexity index is 1540. The van der Waals surface area contributed by atoms with Gasteiger partial charge in [0.25, 0.3) is 0 Å². The minimum atomic E-state index is -0.629. The molecule has 3 fully saturated rings. The van der Waals surface area contributed by atoms with Crippen LogP contribution in [0.15, 0.2) is 77.0 Å². The Labute approximate surface area is 365 Å². The van der Waals surface area contributed by atoms with Gasteiger partial charge in [-0.05, 0) is 157 Å². The van der Waals surface area contributed by atoms with E-state index in [1.165, 1.54) is 63.9 Å². The molecule has 3 rings (SSSR count). The third kappa shape index (κ3) is 18.5. The Morgan fingerprint density at radius 2 is 1.60 bits per heavy atom. The maximum atomic E-state index is 13.3. The van der Waals surface area contributed by atoms with Gasteiger partial charge in [-0.1, -0.05) is 89.3 Å². The fraction of sp³-hybridized carbons (Fsp3) is 0.698. The lowest BCUT2D eigenvalue weighted by atomic mass is 9.70. The predicted octanol–water partition coefficient (Wildman–Crippen LogP) is 12.7. The van der Waals surface area contributed by atoms with Crippen LogP contribution < -0.4 is 0 Å². The van der Waals surface area contributed by atoms with Crippen LogP contribution in [0.2, 0.25) is 0 Å². The second-order valence-electron chi connectivity index (χ2n) is 19.4. The molecule has 336 valence electrons. The number of allylic oxidation sites excluding steroid dienone is 7. The molecule has 8 atom stereocenters. The maximum absolute atomic E-state index is 13.3. The van der Waals surface area contributed by atoms with Crippen LogP contribution in [0.1, 0.15) is 158 Å². The summed E-state index contributed by atoms with van der Waals surface area (Å²) in [6, 6.07) is 0. The van der Waals surface area contributed by atoms with Crippen LogP contribution >= 0.6 is 0 Å². The lowest BCUT2D eigenvalue weighted by Crippen LogP contribution is -2.38. The van der Waals surface area contributed by atoms with Gasteiger partial charge < -0.3 is 14.2 Å². The van der Waals surface area contributed by atoms with Crippen molar-refractivity contribution in [1.29, 1.82) is 0 Å². The van der Waals surface area contributed by atoms with E-state index in [-0.39, 0.29) is 30.0 Å². The molecule has 1 saturated heterocycles. The van der Waals surface area contributed by atoms with Crippen molar-refractivity contribution in [2.75, 3.05) is 13.7 Å². The maximum Gasteiger partial charge on any atom is 0.226 e. The third-order valence-electron chi connectivity index (χ3n) is 13.9. The molecular formula is C53H83NO6. The van der Waals surface area contributed by atoms with Gasteiger partial charge in [0.1, 0.15) is 11.9 Å². The summed E-state index contributed by atoms with van der Waals surface area (Å²) < 4.78 is 17.9. The molecule has 2 saturated carbocycles. The smallest absolute Gasteiger partial charge is 0.226 e. The summed E-state index contributed by atoms with van der Waals surface area (Å²) in [7, 11) is 1.69. The number of rotatable bonds is 28. The molecule has 7 heteroatoms. The number of ether oxygens (including phenoxy) is 3. The van der Waals surface area contributed by atoms with Gasteiger partial charge in [0.2, 0.25) is 5.78 Å². The van der Waals surface area contributed by atoms with Crippen molar-refractivity contribution in [3.05, 3.63) is 72.0 Å². The molecule has 0 aromatic heterocycles. The second kappa shape index (κ2) is 26.5. The molecule has 7 nitrogen and oxygen atoms in total. The highest BCUT2D eigenvalue weighted by Crippen LogP contribution is 2.47. The highest BCUT2D eigenvalue weighted by Gasteiger charge is 2.36. The molecule has 60 heavy (non-hydrogen) atoms. The first-order chi connectivity index (χ1) is 28.6. The number of carbonyl (C=O) groups excluding carboxylic acids is 3. The van der Waals surface area contributed by atoms with Gasteiger partial charge in [0.05, 0.1) is 24.9 Å². The summed E-state index contributed by atoms with van der Waals surface area (Å²) in [5.41, 5.74) is 3.84. The standard InChI is InChI=1S/C53H83NO6/c1-12-44(35-54-10)36-59-47-26-29-53(9,30-27-47)28-25-46(45-23-24-45)22-21-38(3)31-40(5)41(6)33-49(56)42(7)32-37(2)17-14-13-15-18-39(4)51(58-11)34-48-19-16-20-50(60-48)52(57)43(8)55/h12-15,17-18,31,35,37-38,41-42,45-48,50-51H,1,10,16,19-30,32-34,36H2,2-9,11H3/b15-13+,17-14+,39-18+,40-31+,44-35+. The number of carbonyl (C=O) groups is 3. The van der Waals surface area contributed by atoms with Gasteiger partial charge in [-0.15, -0.1) is 0 Å². The van der Waals surface area contributed by atoms with E-state index in [0.29, 0.717) is 49.1 Å². The fourth-order valence-electron chi connectivity index (χ4n) is 9.34. The molecule has 8 unspecified atom stereocenters. The number of Topliss-reactive ketones (excluding diaryl/α,β-unsaturated/α-hetero) is 3. The monoisotopic (exact) mass is 830 g/mol. The summed E-state index contributed by atoms with van der Waals surface area (Å²) in [5.74, 6) is 2.33. The molecule has 1 heterocycles. The van der Waals surface area contributed by atoms with Gasteiger partial charge in [-0.25, -0.2) is 0 Å². The number of hydrogen-bond acceptors (Lipinski definition) is 7. The molecule has 0 spiro atoms. The molecule has 0 N–H and O–H groups in total. The Hall–Kier alpha value is -3.00. The molecule has 0 radical (unpaired) electrons.